The van der Waals surface area contributed by atoms with Crippen LogP contribution in [0, 0.1) is 0 Å². The quantitative estimate of drug-likeness (QED) is 0.723. The van der Waals surface area contributed by atoms with Gasteiger partial charge in [-0.1, -0.05) is 18.2 Å². The minimum Gasteiger partial charge on any atom is -0.379 e. The van der Waals surface area contributed by atoms with Gasteiger partial charge in [-0.25, -0.2) is 9.97 Å². The molecule has 0 saturated carbocycles. The van der Waals surface area contributed by atoms with Crippen molar-refractivity contribution in [1.29, 1.82) is 0 Å². The smallest absolute Gasteiger partial charge is 0.222 e. The lowest BCUT2D eigenvalue weighted by Crippen LogP contribution is -2.39. The predicted octanol–water partition coefficient (Wildman–Crippen LogP) is 1.48. The molecule has 1 fully saturated rings. The van der Waals surface area contributed by atoms with E-state index in [-0.39, 0.29) is 0 Å². The molecule has 1 aliphatic heterocycles. The van der Waals surface area contributed by atoms with E-state index < -0.39 is 0 Å². The molecule has 0 radical (unpaired) electrons. The summed E-state index contributed by atoms with van der Waals surface area (Å²) < 4.78 is 5.35. The summed E-state index contributed by atoms with van der Waals surface area (Å²) in [6, 6.07) is 8.07. The number of rotatable bonds is 8. The monoisotopic (exact) mass is 355 g/mol. The Bertz CT molecular complexity index is 701. The van der Waals surface area contributed by atoms with Crippen LogP contribution in [0.5, 0.6) is 0 Å². The molecule has 26 heavy (non-hydrogen) atoms. The third-order valence-electron chi connectivity index (χ3n) is 4.34. The molecule has 0 aliphatic carbocycles. The molecule has 1 aromatic heterocycles. The van der Waals surface area contributed by atoms with E-state index in [0.717, 1.165) is 62.5 Å². The first-order valence-electron chi connectivity index (χ1n) is 8.85. The highest BCUT2D eigenvalue weighted by atomic mass is 16.5. The van der Waals surface area contributed by atoms with Crippen LogP contribution < -0.4 is 5.32 Å². The molecule has 1 aliphatic rings. The fraction of sp³-hybridized carbons (Fsp3) is 0.421. The molecule has 0 spiro atoms. The van der Waals surface area contributed by atoms with Crippen molar-refractivity contribution >= 4 is 12.4 Å². The summed E-state index contributed by atoms with van der Waals surface area (Å²) in [6.07, 6.45) is 4.48. The second kappa shape index (κ2) is 9.26. The number of carbonyl (C=O) groups is 1. The van der Waals surface area contributed by atoms with Crippen molar-refractivity contribution in [3.63, 3.8) is 0 Å². The summed E-state index contributed by atoms with van der Waals surface area (Å²) in [4.78, 5) is 23.6. The topological polar surface area (TPSA) is 70.6 Å². The molecule has 7 heteroatoms. The average Bonchev–Trinajstić information content (AvgIpc) is 2.69. The molecule has 1 aromatic carbocycles. The molecule has 0 bridgehead atoms. The van der Waals surface area contributed by atoms with Gasteiger partial charge in [0.15, 0.2) is 0 Å². The van der Waals surface area contributed by atoms with E-state index in [9.17, 15) is 4.79 Å². The van der Waals surface area contributed by atoms with Gasteiger partial charge in [-0.3, -0.25) is 9.69 Å². The minimum absolute atomic E-state index is 0.583. The van der Waals surface area contributed by atoms with E-state index >= 15 is 0 Å². The molecule has 138 valence electrons. The number of anilines is 1. The van der Waals surface area contributed by atoms with Crippen LogP contribution in [0.25, 0.3) is 11.1 Å². The number of nitrogens with one attached hydrogen (secondary N) is 1. The zero-order valence-electron chi connectivity index (χ0n) is 15.1. The highest BCUT2D eigenvalue weighted by molar-refractivity contribution is 5.63. The zero-order valence-corrected chi connectivity index (χ0v) is 15.1. The summed E-state index contributed by atoms with van der Waals surface area (Å²) in [7, 11) is 1.76. The summed E-state index contributed by atoms with van der Waals surface area (Å²) in [5, 5.41) is 3.27. The van der Waals surface area contributed by atoms with Gasteiger partial charge < -0.3 is 15.0 Å². The third kappa shape index (κ3) is 5.24. The molecule has 7 nitrogen and oxygen atoms in total. The molecule has 1 saturated heterocycles. The van der Waals surface area contributed by atoms with Crippen LogP contribution in [0.3, 0.4) is 0 Å². The fourth-order valence-corrected chi connectivity index (χ4v) is 2.89. The Kier molecular flexibility index (Phi) is 6.51. The Morgan fingerprint density at radius 1 is 1.23 bits per heavy atom. The van der Waals surface area contributed by atoms with Crippen LogP contribution in [0.15, 0.2) is 36.7 Å². The maximum Gasteiger partial charge on any atom is 0.222 e. The Morgan fingerprint density at radius 3 is 2.73 bits per heavy atom. The van der Waals surface area contributed by atoms with Gasteiger partial charge in [-0.05, 0) is 17.2 Å². The maximum atomic E-state index is 10.8. The van der Waals surface area contributed by atoms with Gasteiger partial charge in [-0.2, -0.15) is 0 Å². The number of benzene rings is 1. The molecule has 1 N–H and O–H groups in total. The number of morpholine rings is 1. The minimum atomic E-state index is 0.583. The first-order chi connectivity index (χ1) is 12.7. The van der Waals surface area contributed by atoms with E-state index in [1.54, 1.807) is 11.9 Å². The molecular formula is C19H25N5O2. The Morgan fingerprint density at radius 2 is 2.00 bits per heavy atom. The molecular weight excluding hydrogens is 330 g/mol. The van der Waals surface area contributed by atoms with E-state index in [1.165, 1.54) is 0 Å². The van der Waals surface area contributed by atoms with E-state index in [0.29, 0.717) is 12.5 Å². The molecule has 0 unspecified atom stereocenters. The number of hydrogen-bond donors (Lipinski definition) is 1. The van der Waals surface area contributed by atoms with E-state index in [2.05, 4.69) is 26.3 Å². The molecule has 1 amide bonds. The molecule has 0 atom stereocenters. The second-order valence-corrected chi connectivity index (χ2v) is 6.40. The first kappa shape index (κ1) is 18.3. The number of ether oxygens (including phenoxy) is 1. The lowest BCUT2D eigenvalue weighted by atomic mass is 10.1. The molecule has 2 heterocycles. The zero-order chi connectivity index (χ0) is 18.2. The van der Waals surface area contributed by atoms with Crippen molar-refractivity contribution in [3.8, 4) is 11.1 Å². The van der Waals surface area contributed by atoms with Gasteiger partial charge in [0.05, 0.1) is 13.2 Å². The Hall–Kier alpha value is -2.51. The van der Waals surface area contributed by atoms with Gasteiger partial charge >= 0.3 is 0 Å². The van der Waals surface area contributed by atoms with Crippen molar-refractivity contribution in [2.24, 2.45) is 0 Å². The van der Waals surface area contributed by atoms with Crippen molar-refractivity contribution in [3.05, 3.63) is 42.2 Å². The Labute approximate surface area is 154 Å². The SMILES string of the molecule is CN(C=O)Cc1cccc(-c2cnc(NCCN3CCOCC3)nc2)c1. The highest BCUT2D eigenvalue weighted by Crippen LogP contribution is 2.20. The third-order valence-corrected chi connectivity index (χ3v) is 4.34. The van der Waals surface area contributed by atoms with Gasteiger partial charge in [0.25, 0.3) is 0 Å². The Balaban J connectivity index is 1.55. The number of carbonyl (C=O) groups excluding carboxylic acids is 1. The fourth-order valence-electron chi connectivity index (χ4n) is 2.89. The van der Waals surface area contributed by atoms with Crippen molar-refractivity contribution < 1.29 is 9.53 Å². The van der Waals surface area contributed by atoms with Crippen LogP contribution in [0.2, 0.25) is 0 Å². The predicted molar refractivity (Wildman–Crippen MR) is 101 cm³/mol. The average molecular weight is 355 g/mol. The number of amides is 1. The standard InChI is InChI=1S/C19H25N5O2/c1-23(15-25)14-16-3-2-4-17(11-16)18-12-21-19(22-13-18)20-5-6-24-7-9-26-10-8-24/h2-4,11-13,15H,5-10,14H2,1H3,(H,20,21,22). The summed E-state index contributed by atoms with van der Waals surface area (Å²) in [6.45, 7) is 5.95. The molecule has 3 rings (SSSR count). The first-order valence-corrected chi connectivity index (χ1v) is 8.85. The van der Waals surface area contributed by atoms with Crippen LogP contribution in [-0.2, 0) is 16.1 Å². The molecule has 2 aromatic rings. The van der Waals surface area contributed by atoms with Crippen molar-refractivity contribution in [2.75, 3.05) is 51.8 Å². The van der Waals surface area contributed by atoms with E-state index in [1.807, 2.05) is 30.6 Å². The summed E-state index contributed by atoms with van der Waals surface area (Å²) >= 11 is 0. The number of nitrogens with zero attached hydrogens (tertiary/aromatic N) is 4. The normalized spacial score (nSPS) is 14.8. The van der Waals surface area contributed by atoms with Crippen LogP contribution in [0.4, 0.5) is 5.95 Å². The highest BCUT2D eigenvalue weighted by Gasteiger charge is 2.09. The van der Waals surface area contributed by atoms with Gasteiger partial charge in [0, 0.05) is 57.7 Å². The van der Waals surface area contributed by atoms with Crippen LogP contribution in [-0.4, -0.2) is 72.6 Å². The van der Waals surface area contributed by atoms with Gasteiger partial charge in [-0.15, -0.1) is 0 Å². The van der Waals surface area contributed by atoms with Gasteiger partial charge in [0.2, 0.25) is 12.4 Å². The van der Waals surface area contributed by atoms with Crippen LogP contribution >= 0.6 is 0 Å². The number of aromatic nitrogens is 2. The summed E-state index contributed by atoms with van der Waals surface area (Å²) in [5.41, 5.74) is 3.07. The largest absolute Gasteiger partial charge is 0.379 e. The summed E-state index contributed by atoms with van der Waals surface area (Å²) in [5.74, 6) is 0.638. The lowest BCUT2D eigenvalue weighted by molar-refractivity contribution is -0.117. The van der Waals surface area contributed by atoms with Crippen LogP contribution in [0.1, 0.15) is 5.56 Å². The second-order valence-electron chi connectivity index (χ2n) is 6.40. The maximum absolute atomic E-state index is 10.8. The van der Waals surface area contributed by atoms with Crippen molar-refractivity contribution in [1.82, 2.24) is 19.8 Å². The lowest BCUT2D eigenvalue weighted by Gasteiger charge is -2.26. The van der Waals surface area contributed by atoms with Crippen molar-refractivity contribution in [2.45, 2.75) is 6.54 Å². The van der Waals surface area contributed by atoms with E-state index in [4.69, 9.17) is 4.74 Å². The number of hydrogen-bond acceptors (Lipinski definition) is 6. The van der Waals surface area contributed by atoms with Gasteiger partial charge in [0.1, 0.15) is 0 Å².